The molecular formula is C19H29N3O5S. The van der Waals surface area contributed by atoms with Crippen molar-refractivity contribution >= 4 is 22.0 Å². The maximum absolute atomic E-state index is 12.4. The number of sulfonamides is 1. The van der Waals surface area contributed by atoms with Crippen molar-refractivity contribution in [1.82, 2.24) is 14.9 Å². The molecule has 1 saturated heterocycles. The highest BCUT2D eigenvalue weighted by Gasteiger charge is 2.25. The highest BCUT2D eigenvalue weighted by Crippen LogP contribution is 2.14. The molecule has 1 aliphatic heterocycles. The molecule has 0 spiro atoms. The molecule has 0 aliphatic carbocycles. The van der Waals surface area contributed by atoms with Crippen molar-refractivity contribution in [2.45, 2.75) is 57.0 Å². The van der Waals surface area contributed by atoms with Crippen LogP contribution in [0.4, 0.5) is 4.79 Å². The third-order valence-electron chi connectivity index (χ3n) is 4.75. The summed E-state index contributed by atoms with van der Waals surface area (Å²) in [6.45, 7) is 6.87. The first-order chi connectivity index (χ1) is 13.3. The predicted molar refractivity (Wildman–Crippen MR) is 106 cm³/mol. The van der Waals surface area contributed by atoms with Crippen molar-refractivity contribution in [2.75, 3.05) is 19.7 Å². The van der Waals surface area contributed by atoms with Gasteiger partial charge < -0.3 is 15.0 Å². The molecule has 0 bridgehead atoms. The lowest BCUT2D eigenvalue weighted by molar-refractivity contribution is 0.0860. The Bertz CT molecular complexity index is 771. The summed E-state index contributed by atoms with van der Waals surface area (Å²) in [5.41, 5.74) is 0.398. The van der Waals surface area contributed by atoms with Crippen molar-refractivity contribution in [3.8, 4) is 0 Å². The fourth-order valence-corrected chi connectivity index (χ4v) is 4.22. The lowest BCUT2D eigenvalue weighted by Gasteiger charge is -2.31. The van der Waals surface area contributed by atoms with Gasteiger partial charge in [-0.1, -0.05) is 6.92 Å². The molecule has 1 aliphatic rings. The van der Waals surface area contributed by atoms with Crippen molar-refractivity contribution in [3.63, 3.8) is 0 Å². The van der Waals surface area contributed by atoms with E-state index in [9.17, 15) is 18.0 Å². The largest absolute Gasteiger partial charge is 0.450 e. The van der Waals surface area contributed by atoms with Crippen LogP contribution in [0.25, 0.3) is 0 Å². The van der Waals surface area contributed by atoms with Gasteiger partial charge in [-0.25, -0.2) is 17.9 Å². The molecule has 1 aromatic rings. The van der Waals surface area contributed by atoms with Crippen LogP contribution in [0.1, 0.15) is 50.4 Å². The maximum atomic E-state index is 12.4. The maximum Gasteiger partial charge on any atom is 0.409 e. The van der Waals surface area contributed by atoms with Crippen LogP contribution < -0.4 is 10.0 Å². The number of amides is 2. The van der Waals surface area contributed by atoms with Gasteiger partial charge in [-0.3, -0.25) is 4.79 Å². The number of hydrogen-bond acceptors (Lipinski definition) is 5. The van der Waals surface area contributed by atoms with Gasteiger partial charge in [0, 0.05) is 30.7 Å². The summed E-state index contributed by atoms with van der Waals surface area (Å²) in [7, 11) is -3.59. The van der Waals surface area contributed by atoms with Crippen molar-refractivity contribution in [2.24, 2.45) is 0 Å². The normalized spacial score (nSPS) is 16.5. The highest BCUT2D eigenvalue weighted by atomic mass is 32.2. The predicted octanol–water partition coefficient (Wildman–Crippen LogP) is 2.11. The quantitative estimate of drug-likeness (QED) is 0.715. The molecule has 1 heterocycles. The number of nitrogens with one attached hydrogen (secondary N) is 2. The van der Waals surface area contributed by atoms with E-state index in [1.165, 1.54) is 24.3 Å². The standard InChI is InChI=1S/C19H29N3O5S/c1-4-14(3)21-28(25,26)17-8-6-15(7-9-17)18(23)20-16-10-12-22(13-11-16)19(24)27-5-2/h6-9,14,16,21H,4-5,10-13H2,1-3H3,(H,20,23). The molecule has 1 aromatic carbocycles. The molecule has 9 heteroatoms. The Balaban J connectivity index is 1.91. The minimum Gasteiger partial charge on any atom is -0.450 e. The van der Waals surface area contributed by atoms with Crippen LogP contribution in [-0.2, 0) is 14.8 Å². The van der Waals surface area contributed by atoms with E-state index in [4.69, 9.17) is 4.74 Å². The number of carbonyl (C=O) groups excluding carboxylic acids is 2. The third-order valence-corrected chi connectivity index (χ3v) is 6.36. The highest BCUT2D eigenvalue weighted by molar-refractivity contribution is 7.89. The first-order valence-corrected chi connectivity index (χ1v) is 11.1. The van der Waals surface area contributed by atoms with Gasteiger partial charge in [-0.2, -0.15) is 0 Å². The molecule has 1 unspecified atom stereocenters. The lowest BCUT2D eigenvalue weighted by Crippen LogP contribution is -2.46. The summed E-state index contributed by atoms with van der Waals surface area (Å²) >= 11 is 0. The second-order valence-electron chi connectivity index (χ2n) is 6.89. The lowest BCUT2D eigenvalue weighted by atomic mass is 10.0. The van der Waals surface area contributed by atoms with Crippen LogP contribution in [0.2, 0.25) is 0 Å². The molecule has 28 heavy (non-hydrogen) atoms. The first kappa shape index (κ1) is 22.2. The molecule has 8 nitrogen and oxygen atoms in total. The molecule has 2 rings (SSSR count). The zero-order chi connectivity index (χ0) is 20.7. The zero-order valence-corrected chi connectivity index (χ0v) is 17.4. The van der Waals surface area contributed by atoms with E-state index >= 15 is 0 Å². The molecule has 0 aromatic heterocycles. The van der Waals surface area contributed by atoms with Gasteiger partial charge in [0.25, 0.3) is 5.91 Å². The summed E-state index contributed by atoms with van der Waals surface area (Å²) in [6.07, 6.45) is 1.66. The summed E-state index contributed by atoms with van der Waals surface area (Å²) < 4.78 is 32.1. The van der Waals surface area contributed by atoms with E-state index in [0.29, 0.717) is 44.5 Å². The van der Waals surface area contributed by atoms with Crippen LogP contribution in [-0.4, -0.2) is 57.1 Å². The molecule has 0 radical (unpaired) electrons. The smallest absolute Gasteiger partial charge is 0.409 e. The summed E-state index contributed by atoms with van der Waals surface area (Å²) in [6, 6.07) is 5.69. The summed E-state index contributed by atoms with van der Waals surface area (Å²) in [5.74, 6) is -0.256. The van der Waals surface area contributed by atoms with Crippen LogP contribution in [0.5, 0.6) is 0 Å². The SMILES string of the molecule is CCOC(=O)N1CCC(NC(=O)c2ccc(S(=O)(=O)NC(C)CC)cc2)CC1. The number of hydrogen-bond donors (Lipinski definition) is 2. The number of ether oxygens (including phenoxy) is 1. The molecule has 1 fully saturated rings. The second-order valence-corrected chi connectivity index (χ2v) is 8.60. The van der Waals surface area contributed by atoms with Gasteiger partial charge in [0.15, 0.2) is 0 Å². The number of rotatable bonds is 7. The van der Waals surface area contributed by atoms with E-state index in [1.54, 1.807) is 18.7 Å². The van der Waals surface area contributed by atoms with Gasteiger partial charge in [-0.05, 0) is 57.4 Å². The molecule has 2 N–H and O–H groups in total. The molecule has 1 atom stereocenters. The van der Waals surface area contributed by atoms with E-state index in [0.717, 1.165) is 0 Å². The zero-order valence-electron chi connectivity index (χ0n) is 16.6. The van der Waals surface area contributed by atoms with Gasteiger partial charge >= 0.3 is 6.09 Å². The Morgan fingerprint density at radius 2 is 1.79 bits per heavy atom. The Morgan fingerprint density at radius 1 is 1.18 bits per heavy atom. The minimum absolute atomic E-state index is 0.0337. The van der Waals surface area contributed by atoms with Gasteiger partial charge in [0.1, 0.15) is 0 Å². The third kappa shape index (κ3) is 5.93. The first-order valence-electron chi connectivity index (χ1n) is 9.61. The summed E-state index contributed by atoms with van der Waals surface area (Å²) in [5, 5.41) is 2.94. The van der Waals surface area contributed by atoms with Crippen LogP contribution >= 0.6 is 0 Å². The number of nitrogens with zero attached hydrogens (tertiary/aromatic N) is 1. The number of piperidine rings is 1. The Kier molecular flexibility index (Phi) is 7.82. The van der Waals surface area contributed by atoms with Gasteiger partial charge in [-0.15, -0.1) is 0 Å². The fourth-order valence-electron chi connectivity index (χ4n) is 2.89. The van der Waals surface area contributed by atoms with E-state index in [1.807, 2.05) is 6.92 Å². The fraction of sp³-hybridized carbons (Fsp3) is 0.579. The number of likely N-dealkylation sites (tertiary alicyclic amines) is 1. The average Bonchev–Trinajstić information content (AvgIpc) is 2.68. The van der Waals surface area contributed by atoms with Gasteiger partial charge in [0.2, 0.25) is 10.0 Å². The number of carbonyl (C=O) groups is 2. The number of benzene rings is 1. The van der Waals surface area contributed by atoms with Crippen molar-refractivity contribution < 1.29 is 22.7 Å². The Morgan fingerprint density at radius 3 is 2.32 bits per heavy atom. The van der Waals surface area contributed by atoms with Gasteiger partial charge in [0.05, 0.1) is 11.5 Å². The molecule has 0 saturated carbocycles. The van der Waals surface area contributed by atoms with Crippen molar-refractivity contribution in [3.05, 3.63) is 29.8 Å². The van der Waals surface area contributed by atoms with E-state index in [-0.39, 0.29) is 29.0 Å². The molecule has 2 amide bonds. The topological polar surface area (TPSA) is 105 Å². The average molecular weight is 412 g/mol. The van der Waals surface area contributed by atoms with Crippen molar-refractivity contribution in [1.29, 1.82) is 0 Å². The van der Waals surface area contributed by atoms with E-state index < -0.39 is 10.0 Å². The van der Waals surface area contributed by atoms with Crippen LogP contribution in [0.15, 0.2) is 29.2 Å². The van der Waals surface area contributed by atoms with Crippen LogP contribution in [0, 0.1) is 0 Å². The van der Waals surface area contributed by atoms with E-state index in [2.05, 4.69) is 10.0 Å². The van der Waals surface area contributed by atoms with Crippen LogP contribution in [0.3, 0.4) is 0 Å². The summed E-state index contributed by atoms with van der Waals surface area (Å²) in [4.78, 5) is 25.9. The second kappa shape index (κ2) is 9.88. The Hall–Kier alpha value is -2.13. The molecular weight excluding hydrogens is 382 g/mol. The minimum atomic E-state index is -3.59. The molecule has 156 valence electrons. The monoisotopic (exact) mass is 411 g/mol. The Labute approximate surface area is 166 Å².